The van der Waals surface area contributed by atoms with Gasteiger partial charge in [-0.2, -0.15) is 0 Å². The van der Waals surface area contributed by atoms with Crippen LogP contribution in [-0.4, -0.2) is 7.11 Å². The molecule has 0 spiro atoms. The van der Waals surface area contributed by atoms with Crippen LogP contribution in [0.5, 0.6) is 5.75 Å². The molecule has 94 valence electrons. The van der Waals surface area contributed by atoms with Crippen molar-refractivity contribution in [3.8, 4) is 5.75 Å². The van der Waals surface area contributed by atoms with Gasteiger partial charge >= 0.3 is 0 Å². The Kier molecular flexibility index (Phi) is 3.97. The van der Waals surface area contributed by atoms with E-state index in [4.69, 9.17) is 4.74 Å². The van der Waals surface area contributed by atoms with E-state index in [1.807, 2.05) is 0 Å². The molecule has 0 saturated heterocycles. The average molecular weight is 313 g/mol. The van der Waals surface area contributed by atoms with Crippen molar-refractivity contribution in [3.63, 3.8) is 0 Å². The molecule has 0 saturated carbocycles. The van der Waals surface area contributed by atoms with E-state index in [1.165, 1.54) is 18.2 Å². The first-order valence-electron chi connectivity index (χ1n) is 5.35. The second-order valence-electron chi connectivity index (χ2n) is 3.77. The fraction of sp³-hybridized carbons (Fsp3) is 0.143. The molecule has 1 nitrogen and oxygen atoms in total. The molecule has 0 amide bonds. The van der Waals surface area contributed by atoms with Gasteiger partial charge < -0.3 is 4.74 Å². The molecule has 2 aromatic carbocycles. The third-order valence-electron chi connectivity index (χ3n) is 2.66. The average Bonchev–Trinajstić information content (AvgIpc) is 2.38. The molecule has 2 aromatic rings. The second-order valence-corrected chi connectivity index (χ2v) is 4.69. The SMILES string of the molecule is COc1ccc(C(Br)c2c(F)cccc2F)cc1. The summed E-state index contributed by atoms with van der Waals surface area (Å²) in [6, 6.07) is 10.9. The minimum Gasteiger partial charge on any atom is -0.497 e. The molecule has 0 aliphatic heterocycles. The number of methoxy groups -OCH3 is 1. The molecular weight excluding hydrogens is 302 g/mol. The fourth-order valence-corrected chi connectivity index (χ4v) is 2.43. The van der Waals surface area contributed by atoms with Crippen molar-refractivity contribution in [2.24, 2.45) is 0 Å². The summed E-state index contributed by atoms with van der Waals surface area (Å²) in [4.78, 5) is -0.524. The van der Waals surface area contributed by atoms with E-state index in [2.05, 4.69) is 15.9 Å². The summed E-state index contributed by atoms with van der Waals surface area (Å²) in [7, 11) is 1.57. The quantitative estimate of drug-likeness (QED) is 0.760. The van der Waals surface area contributed by atoms with Crippen LogP contribution < -0.4 is 4.74 Å². The Hall–Kier alpha value is -1.42. The number of rotatable bonds is 3. The lowest BCUT2D eigenvalue weighted by Crippen LogP contribution is -2.00. The highest BCUT2D eigenvalue weighted by Gasteiger charge is 2.19. The van der Waals surface area contributed by atoms with Crippen LogP contribution in [0.2, 0.25) is 0 Å². The predicted octanol–water partition coefficient (Wildman–Crippen LogP) is 4.46. The molecule has 0 aliphatic rings. The molecule has 0 aromatic heterocycles. The van der Waals surface area contributed by atoms with E-state index >= 15 is 0 Å². The minimum absolute atomic E-state index is 0.0164. The van der Waals surface area contributed by atoms with E-state index in [9.17, 15) is 8.78 Å². The van der Waals surface area contributed by atoms with Gasteiger partial charge in [0.15, 0.2) is 0 Å². The van der Waals surface area contributed by atoms with Gasteiger partial charge in [0.05, 0.1) is 11.9 Å². The lowest BCUT2D eigenvalue weighted by atomic mass is 10.0. The molecule has 0 radical (unpaired) electrons. The number of ether oxygens (including phenoxy) is 1. The Morgan fingerprint density at radius 1 is 1.00 bits per heavy atom. The highest BCUT2D eigenvalue weighted by atomic mass is 79.9. The highest BCUT2D eigenvalue weighted by Crippen LogP contribution is 2.34. The van der Waals surface area contributed by atoms with Gasteiger partial charge in [0.2, 0.25) is 0 Å². The van der Waals surface area contributed by atoms with Gasteiger partial charge in [-0.05, 0) is 29.8 Å². The van der Waals surface area contributed by atoms with Crippen LogP contribution in [-0.2, 0) is 0 Å². The fourth-order valence-electron chi connectivity index (χ4n) is 1.69. The van der Waals surface area contributed by atoms with Crippen molar-refractivity contribution in [2.45, 2.75) is 4.83 Å². The molecule has 0 aliphatic carbocycles. The number of alkyl halides is 1. The zero-order chi connectivity index (χ0) is 13.1. The van der Waals surface area contributed by atoms with Crippen molar-refractivity contribution < 1.29 is 13.5 Å². The molecule has 0 bridgehead atoms. The van der Waals surface area contributed by atoms with Crippen LogP contribution in [0.15, 0.2) is 42.5 Å². The zero-order valence-electron chi connectivity index (χ0n) is 9.66. The number of hydrogen-bond acceptors (Lipinski definition) is 1. The van der Waals surface area contributed by atoms with Gasteiger partial charge in [-0.25, -0.2) is 8.78 Å². The van der Waals surface area contributed by atoms with Crippen LogP contribution in [0.4, 0.5) is 8.78 Å². The van der Waals surface area contributed by atoms with Crippen molar-refractivity contribution in [1.82, 2.24) is 0 Å². The Balaban J connectivity index is 2.38. The Bertz CT molecular complexity index is 520. The normalized spacial score (nSPS) is 12.2. The predicted molar refractivity (Wildman–Crippen MR) is 70.1 cm³/mol. The lowest BCUT2D eigenvalue weighted by molar-refractivity contribution is 0.414. The summed E-state index contributed by atoms with van der Waals surface area (Å²) in [5.74, 6) is -0.423. The molecule has 0 N–H and O–H groups in total. The molecule has 1 atom stereocenters. The summed E-state index contributed by atoms with van der Waals surface area (Å²) < 4.78 is 32.3. The molecule has 0 fully saturated rings. The number of halogens is 3. The largest absolute Gasteiger partial charge is 0.497 e. The maximum absolute atomic E-state index is 13.6. The maximum atomic E-state index is 13.6. The van der Waals surface area contributed by atoms with Crippen molar-refractivity contribution in [2.75, 3.05) is 7.11 Å². The van der Waals surface area contributed by atoms with Crippen LogP contribution in [0.1, 0.15) is 16.0 Å². The van der Waals surface area contributed by atoms with Gasteiger partial charge in [-0.15, -0.1) is 0 Å². The molecule has 2 rings (SSSR count). The van der Waals surface area contributed by atoms with Gasteiger partial charge in [0.1, 0.15) is 17.4 Å². The molecule has 1 unspecified atom stereocenters. The Labute approximate surface area is 113 Å². The molecular formula is C14H11BrF2O. The van der Waals surface area contributed by atoms with Crippen LogP contribution in [0, 0.1) is 11.6 Å². The Morgan fingerprint density at radius 3 is 2.06 bits per heavy atom. The van der Waals surface area contributed by atoms with Crippen molar-refractivity contribution in [3.05, 3.63) is 65.2 Å². The van der Waals surface area contributed by atoms with E-state index in [-0.39, 0.29) is 5.56 Å². The van der Waals surface area contributed by atoms with Crippen LogP contribution >= 0.6 is 15.9 Å². The molecule has 0 heterocycles. The van der Waals surface area contributed by atoms with Gasteiger partial charge in [-0.3, -0.25) is 0 Å². The minimum atomic E-state index is -0.562. The zero-order valence-corrected chi connectivity index (χ0v) is 11.2. The van der Waals surface area contributed by atoms with Crippen LogP contribution in [0.3, 0.4) is 0 Å². The molecule has 18 heavy (non-hydrogen) atoms. The van der Waals surface area contributed by atoms with E-state index in [0.29, 0.717) is 5.75 Å². The highest BCUT2D eigenvalue weighted by molar-refractivity contribution is 9.09. The van der Waals surface area contributed by atoms with Crippen LogP contribution in [0.25, 0.3) is 0 Å². The van der Waals surface area contributed by atoms with Gasteiger partial charge in [0.25, 0.3) is 0 Å². The first-order chi connectivity index (χ1) is 8.63. The smallest absolute Gasteiger partial charge is 0.130 e. The van der Waals surface area contributed by atoms with Crippen molar-refractivity contribution in [1.29, 1.82) is 0 Å². The molecule has 4 heteroatoms. The van der Waals surface area contributed by atoms with Gasteiger partial charge in [0, 0.05) is 5.56 Å². The summed E-state index contributed by atoms with van der Waals surface area (Å²) in [5.41, 5.74) is 0.780. The topological polar surface area (TPSA) is 9.23 Å². The van der Waals surface area contributed by atoms with E-state index in [0.717, 1.165) is 5.56 Å². The first-order valence-corrected chi connectivity index (χ1v) is 6.27. The van der Waals surface area contributed by atoms with Crippen molar-refractivity contribution >= 4 is 15.9 Å². The second kappa shape index (κ2) is 5.48. The first kappa shape index (κ1) is 13.0. The lowest BCUT2D eigenvalue weighted by Gasteiger charge is -2.13. The summed E-state index contributed by atoms with van der Waals surface area (Å²) in [6.45, 7) is 0. The number of benzene rings is 2. The Morgan fingerprint density at radius 2 is 1.56 bits per heavy atom. The number of hydrogen-bond donors (Lipinski definition) is 0. The third-order valence-corrected chi connectivity index (χ3v) is 3.65. The van der Waals surface area contributed by atoms with E-state index in [1.54, 1.807) is 31.4 Å². The monoisotopic (exact) mass is 312 g/mol. The third kappa shape index (κ3) is 2.53. The summed E-state index contributed by atoms with van der Waals surface area (Å²) in [5, 5.41) is 0. The maximum Gasteiger partial charge on any atom is 0.130 e. The summed E-state index contributed by atoms with van der Waals surface area (Å²) in [6.07, 6.45) is 0. The van der Waals surface area contributed by atoms with E-state index < -0.39 is 16.5 Å². The summed E-state index contributed by atoms with van der Waals surface area (Å²) >= 11 is 3.32. The standard InChI is InChI=1S/C14H11BrF2O/c1-18-10-7-5-9(6-8-10)14(15)13-11(16)3-2-4-12(13)17/h2-8,14H,1H3. The van der Waals surface area contributed by atoms with Gasteiger partial charge in [-0.1, -0.05) is 34.1 Å².